The Bertz CT molecular complexity index is 719. The molecular formula is C16H14Cl2N2O2Te2. The topological polar surface area (TPSA) is 58.2 Å². The van der Waals surface area contributed by atoms with Gasteiger partial charge in [-0.1, -0.05) is 0 Å². The summed E-state index contributed by atoms with van der Waals surface area (Å²) in [5, 5.41) is 7.02. The van der Waals surface area contributed by atoms with Gasteiger partial charge >= 0.3 is 168 Å². The van der Waals surface area contributed by atoms with Gasteiger partial charge in [0.05, 0.1) is 0 Å². The first-order valence-corrected chi connectivity index (χ1v) is 17.3. The quantitative estimate of drug-likeness (QED) is 0.524. The van der Waals surface area contributed by atoms with Crippen molar-refractivity contribution >= 4 is 87.7 Å². The van der Waals surface area contributed by atoms with Gasteiger partial charge < -0.3 is 0 Å². The monoisotopic (exact) mass is 596 g/mol. The Kier molecular flexibility index (Phi) is 7.69. The van der Waals surface area contributed by atoms with Gasteiger partial charge in [0, 0.05) is 0 Å². The molecule has 0 aliphatic carbocycles. The SMILES string of the molecule is CC(=O)Nc1ccc(Cl)cc1[Te][Te]c1cc(Cl)ccc1NC(C)=O. The number of nitrogens with one attached hydrogen (secondary N) is 2. The van der Waals surface area contributed by atoms with Crippen LogP contribution in [0.2, 0.25) is 10.0 Å². The van der Waals surface area contributed by atoms with E-state index in [0.29, 0.717) is 10.0 Å². The van der Waals surface area contributed by atoms with Gasteiger partial charge in [-0.3, -0.25) is 0 Å². The van der Waals surface area contributed by atoms with E-state index >= 15 is 0 Å². The average molecular weight is 592 g/mol. The summed E-state index contributed by atoms with van der Waals surface area (Å²) < 4.78 is 2.22. The van der Waals surface area contributed by atoms with E-state index < -0.39 is 34.1 Å². The molecule has 0 saturated carbocycles. The maximum absolute atomic E-state index is 11.4. The zero-order valence-corrected chi connectivity index (χ0v) is 19.0. The van der Waals surface area contributed by atoms with Gasteiger partial charge in [0.25, 0.3) is 0 Å². The van der Waals surface area contributed by atoms with Crippen LogP contribution in [0.3, 0.4) is 0 Å². The Hall–Kier alpha value is -0.461. The summed E-state index contributed by atoms with van der Waals surface area (Å²) in [5.41, 5.74) is 1.64. The first kappa shape index (κ1) is 19.9. The van der Waals surface area contributed by atoms with Gasteiger partial charge in [-0.25, -0.2) is 0 Å². The van der Waals surface area contributed by atoms with Crippen molar-refractivity contribution < 1.29 is 9.59 Å². The summed E-state index contributed by atoms with van der Waals surface area (Å²) >= 11 is 11.1. The van der Waals surface area contributed by atoms with Gasteiger partial charge in [-0.2, -0.15) is 0 Å². The van der Waals surface area contributed by atoms with Crippen LogP contribution < -0.4 is 17.9 Å². The van der Waals surface area contributed by atoms with Crippen molar-refractivity contribution in [2.75, 3.05) is 10.6 Å². The summed E-state index contributed by atoms with van der Waals surface area (Å²) in [7, 11) is 0. The van der Waals surface area contributed by atoms with Crippen LogP contribution in [0.5, 0.6) is 0 Å². The molecule has 24 heavy (non-hydrogen) atoms. The van der Waals surface area contributed by atoms with Gasteiger partial charge in [0.2, 0.25) is 0 Å². The molecule has 0 saturated heterocycles. The standard InChI is InChI=1S/C16H14Cl2N2O2Te2/c1-9(21)19-13-5-3-11(17)7-15(13)23-24-16-8-12(18)4-6-14(16)20-10(2)22/h3-8H,1-2H3,(H,19,21)(H,20,22). The first-order chi connectivity index (χ1) is 11.3. The number of hydrogen-bond acceptors (Lipinski definition) is 2. The molecule has 0 unspecified atom stereocenters. The molecule has 0 aliphatic heterocycles. The summed E-state index contributed by atoms with van der Waals surface area (Å²) in [5.74, 6) is -0.207. The van der Waals surface area contributed by atoms with Crippen molar-refractivity contribution in [1.29, 1.82) is 0 Å². The molecule has 0 atom stereocenters. The molecule has 8 heteroatoms. The third kappa shape index (κ3) is 6.12. The predicted octanol–water partition coefficient (Wildman–Crippen LogP) is 2.18. The summed E-state index contributed by atoms with van der Waals surface area (Å²) in [6.45, 7) is 2.98. The van der Waals surface area contributed by atoms with Crippen LogP contribution in [-0.4, -0.2) is 45.9 Å². The number of hydrogen-bond donors (Lipinski definition) is 2. The van der Waals surface area contributed by atoms with E-state index in [0.717, 1.165) is 18.6 Å². The zero-order chi connectivity index (χ0) is 17.7. The van der Waals surface area contributed by atoms with Gasteiger partial charge in [0.15, 0.2) is 0 Å². The summed E-state index contributed by atoms with van der Waals surface area (Å²) in [6.07, 6.45) is 0. The van der Waals surface area contributed by atoms with Crippen LogP contribution in [-0.2, 0) is 9.59 Å². The van der Waals surface area contributed by atoms with E-state index in [9.17, 15) is 9.59 Å². The van der Waals surface area contributed by atoms with Crippen molar-refractivity contribution in [2.45, 2.75) is 13.8 Å². The number of rotatable bonds is 5. The van der Waals surface area contributed by atoms with Gasteiger partial charge in [-0.05, 0) is 0 Å². The summed E-state index contributed by atoms with van der Waals surface area (Å²) in [4.78, 5) is 22.7. The Labute approximate surface area is 167 Å². The number of carbonyl (C=O) groups is 2. The third-order valence-corrected chi connectivity index (χ3v) is 14.9. The molecule has 4 nitrogen and oxygen atoms in total. The number of carbonyl (C=O) groups excluding carboxylic acids is 2. The van der Waals surface area contributed by atoms with Crippen LogP contribution in [0.15, 0.2) is 36.4 Å². The predicted molar refractivity (Wildman–Crippen MR) is 102 cm³/mol. The second-order valence-corrected chi connectivity index (χ2v) is 15.5. The molecule has 0 heterocycles. The fourth-order valence-corrected chi connectivity index (χ4v) is 14.0. The summed E-state index contributed by atoms with van der Waals surface area (Å²) in [6, 6.07) is 11.1. The van der Waals surface area contributed by atoms with E-state index in [1.54, 1.807) is 12.1 Å². The number of benzene rings is 2. The van der Waals surface area contributed by atoms with Crippen molar-refractivity contribution in [1.82, 2.24) is 0 Å². The number of amides is 2. The van der Waals surface area contributed by atoms with Crippen LogP contribution >= 0.6 is 23.2 Å². The molecule has 2 aromatic carbocycles. The average Bonchev–Trinajstić information content (AvgIpc) is 2.49. The first-order valence-electron chi connectivity index (χ1n) is 6.84. The molecule has 0 spiro atoms. The van der Waals surface area contributed by atoms with Crippen molar-refractivity contribution in [3.63, 3.8) is 0 Å². The molecule has 0 bridgehead atoms. The Balaban J connectivity index is 2.24. The van der Waals surface area contributed by atoms with Crippen molar-refractivity contribution in [3.8, 4) is 0 Å². The van der Waals surface area contributed by atoms with Crippen LogP contribution in [0.25, 0.3) is 0 Å². The Morgan fingerprint density at radius 3 is 1.50 bits per heavy atom. The van der Waals surface area contributed by atoms with Crippen LogP contribution in [0, 0.1) is 0 Å². The number of halogens is 2. The maximum atomic E-state index is 11.4. The number of anilines is 2. The van der Waals surface area contributed by atoms with E-state index in [-0.39, 0.29) is 11.8 Å². The second kappa shape index (κ2) is 9.30. The van der Waals surface area contributed by atoms with Gasteiger partial charge in [0.1, 0.15) is 0 Å². The normalized spacial score (nSPS) is 10.3. The van der Waals surface area contributed by atoms with E-state index in [2.05, 4.69) is 10.6 Å². The van der Waals surface area contributed by atoms with Crippen molar-refractivity contribution in [2.24, 2.45) is 0 Å². The van der Waals surface area contributed by atoms with E-state index in [1.165, 1.54) is 13.8 Å². The minimum absolute atomic E-state index is 0.103. The Morgan fingerprint density at radius 1 is 0.792 bits per heavy atom. The fourth-order valence-electron chi connectivity index (χ4n) is 1.81. The van der Waals surface area contributed by atoms with E-state index in [1.807, 2.05) is 24.3 Å². The third-order valence-electron chi connectivity index (χ3n) is 2.73. The van der Waals surface area contributed by atoms with E-state index in [4.69, 9.17) is 23.2 Å². The molecular weight excluding hydrogens is 578 g/mol. The molecule has 0 fully saturated rings. The molecule has 2 aromatic rings. The molecule has 0 radical (unpaired) electrons. The molecule has 126 valence electrons. The zero-order valence-electron chi connectivity index (χ0n) is 12.9. The molecule has 2 N–H and O–H groups in total. The minimum atomic E-state index is -0.562. The second-order valence-electron chi connectivity index (χ2n) is 4.81. The molecule has 0 aromatic heterocycles. The fraction of sp³-hybridized carbons (Fsp3) is 0.125. The van der Waals surface area contributed by atoms with Crippen LogP contribution in [0.1, 0.15) is 13.8 Å². The Morgan fingerprint density at radius 2 is 1.17 bits per heavy atom. The molecule has 2 amide bonds. The van der Waals surface area contributed by atoms with Gasteiger partial charge in [-0.15, -0.1) is 0 Å². The van der Waals surface area contributed by atoms with Crippen LogP contribution in [0.4, 0.5) is 11.4 Å². The molecule has 0 aliphatic rings. The molecule has 2 rings (SSSR count). The van der Waals surface area contributed by atoms with Crippen molar-refractivity contribution in [3.05, 3.63) is 46.4 Å².